The third kappa shape index (κ3) is 22.3. The number of ether oxygens (including phenoxy) is 1. The molecule has 0 rings (SSSR count). The Morgan fingerprint density at radius 1 is 0.840 bits per heavy atom. The van der Waals surface area contributed by atoms with E-state index in [2.05, 4.69) is 31.9 Å². The predicted molar refractivity (Wildman–Crippen MR) is 121 cm³/mol. The highest BCUT2D eigenvalue weighted by Crippen LogP contribution is 2.14. The highest BCUT2D eigenvalue weighted by atomic mass is 79.9. The fourth-order valence-corrected chi connectivity index (χ4v) is 5.77. The van der Waals surface area contributed by atoms with Crippen molar-refractivity contribution >= 4 is 47.3 Å². The number of esters is 1. The Hall–Kier alpha value is 0.387. The molecular weight excluding hydrogens is 460 g/mol. The van der Waals surface area contributed by atoms with Gasteiger partial charge in [0.05, 0.1) is 9.97 Å². The van der Waals surface area contributed by atoms with Crippen LogP contribution in [-0.2, 0) is 9.53 Å². The molecule has 0 aromatic rings. The standard InChI is InChI=1S/C20H38Br2O2Si/c1-2-16-19(23)24-17-14-12-10-8-6-4-3-5-7-9-11-13-15-18-25-20(21)22/h2,16,20H,3-15,17-18,25H2,1H3. The van der Waals surface area contributed by atoms with Crippen LogP contribution in [0.3, 0.4) is 0 Å². The monoisotopic (exact) mass is 496 g/mol. The van der Waals surface area contributed by atoms with E-state index in [0.29, 0.717) is 9.97 Å². The van der Waals surface area contributed by atoms with Crippen LogP contribution in [0.1, 0.15) is 90.4 Å². The lowest BCUT2D eigenvalue weighted by molar-refractivity contribution is -0.137. The van der Waals surface area contributed by atoms with E-state index < -0.39 is 0 Å². The SMILES string of the molecule is CC=CC(=O)OCCCCCCCCCCCCCCC[SiH2]C(Br)Br. The van der Waals surface area contributed by atoms with Gasteiger partial charge in [-0.25, -0.2) is 4.79 Å². The minimum atomic E-state index is -0.212. The number of alkyl halides is 2. The normalized spacial score (nSPS) is 12.0. The molecule has 0 aromatic heterocycles. The zero-order chi connectivity index (χ0) is 18.6. The van der Waals surface area contributed by atoms with Crippen LogP contribution in [-0.4, -0.2) is 25.5 Å². The van der Waals surface area contributed by atoms with Crippen LogP contribution < -0.4 is 0 Å². The lowest BCUT2D eigenvalue weighted by Gasteiger charge is -2.04. The van der Waals surface area contributed by atoms with Gasteiger partial charge in [0, 0.05) is 15.6 Å². The molecule has 0 N–H and O–H groups in total. The van der Waals surface area contributed by atoms with E-state index in [1.165, 1.54) is 89.2 Å². The van der Waals surface area contributed by atoms with Crippen molar-refractivity contribution in [3.63, 3.8) is 0 Å². The molecule has 0 aliphatic heterocycles. The summed E-state index contributed by atoms with van der Waals surface area (Å²) < 4.78 is 5.72. The summed E-state index contributed by atoms with van der Waals surface area (Å²) in [7, 11) is 0.0855. The minimum Gasteiger partial charge on any atom is -0.463 e. The molecule has 0 aliphatic rings. The van der Waals surface area contributed by atoms with Gasteiger partial charge in [-0.05, 0) is 13.3 Å². The second-order valence-corrected chi connectivity index (χ2v) is 14.7. The maximum atomic E-state index is 11.1. The van der Waals surface area contributed by atoms with Crippen LogP contribution in [0.15, 0.2) is 12.2 Å². The van der Waals surface area contributed by atoms with Crippen molar-refractivity contribution in [2.75, 3.05) is 6.61 Å². The van der Waals surface area contributed by atoms with E-state index >= 15 is 0 Å². The van der Waals surface area contributed by atoms with Gasteiger partial charge in [0.1, 0.15) is 0 Å². The van der Waals surface area contributed by atoms with Crippen LogP contribution in [0.4, 0.5) is 0 Å². The first-order chi connectivity index (χ1) is 12.2. The van der Waals surface area contributed by atoms with Crippen molar-refractivity contribution in [1.29, 1.82) is 0 Å². The summed E-state index contributed by atoms with van der Waals surface area (Å²) in [6.07, 6.45) is 20.7. The van der Waals surface area contributed by atoms with Gasteiger partial charge < -0.3 is 4.74 Å². The molecule has 5 heteroatoms. The van der Waals surface area contributed by atoms with Gasteiger partial charge in [0.25, 0.3) is 0 Å². The quantitative estimate of drug-likeness (QED) is 0.0680. The van der Waals surface area contributed by atoms with Crippen LogP contribution >= 0.6 is 31.9 Å². The van der Waals surface area contributed by atoms with E-state index in [9.17, 15) is 4.79 Å². The molecular formula is C20H38Br2O2Si. The average molecular weight is 498 g/mol. The van der Waals surface area contributed by atoms with Crippen molar-refractivity contribution in [2.24, 2.45) is 0 Å². The molecule has 0 aliphatic carbocycles. The second-order valence-electron chi connectivity index (χ2n) is 6.80. The Balaban J connectivity index is 3.06. The first-order valence-corrected chi connectivity index (χ1v) is 13.9. The Morgan fingerprint density at radius 2 is 1.28 bits per heavy atom. The topological polar surface area (TPSA) is 26.3 Å². The van der Waals surface area contributed by atoms with Gasteiger partial charge in [-0.2, -0.15) is 0 Å². The summed E-state index contributed by atoms with van der Waals surface area (Å²) in [6, 6.07) is 1.47. The van der Waals surface area contributed by atoms with Gasteiger partial charge in [-0.15, -0.1) is 0 Å². The molecule has 0 aromatic carbocycles. The highest BCUT2D eigenvalue weighted by molar-refractivity contribution is 9.25. The van der Waals surface area contributed by atoms with Crippen LogP contribution in [0, 0.1) is 0 Å². The zero-order valence-corrected chi connectivity index (χ0v) is 20.7. The third-order valence-corrected chi connectivity index (χ3v) is 8.46. The summed E-state index contributed by atoms with van der Waals surface area (Å²) >= 11 is 7.18. The number of carbonyl (C=O) groups is 1. The second kappa shape index (κ2) is 20.7. The average Bonchev–Trinajstić information content (AvgIpc) is 2.57. The molecule has 2 nitrogen and oxygen atoms in total. The van der Waals surface area contributed by atoms with Crippen molar-refractivity contribution in [3.05, 3.63) is 12.2 Å². The smallest absolute Gasteiger partial charge is 0.330 e. The Morgan fingerprint density at radius 3 is 1.72 bits per heavy atom. The summed E-state index contributed by atoms with van der Waals surface area (Å²) in [5.74, 6) is -0.212. The maximum absolute atomic E-state index is 11.1. The molecule has 0 atom stereocenters. The molecule has 0 saturated carbocycles. The first kappa shape index (κ1) is 25.4. The van der Waals surface area contributed by atoms with Crippen molar-refractivity contribution in [1.82, 2.24) is 0 Å². The fourth-order valence-electron chi connectivity index (χ4n) is 2.88. The molecule has 0 heterocycles. The number of halogens is 2. The minimum absolute atomic E-state index is 0.0855. The highest BCUT2D eigenvalue weighted by Gasteiger charge is 1.99. The molecule has 0 radical (unpaired) electrons. The Bertz CT molecular complexity index is 323. The largest absolute Gasteiger partial charge is 0.463 e. The van der Waals surface area contributed by atoms with E-state index in [1.54, 1.807) is 6.08 Å². The van der Waals surface area contributed by atoms with Gasteiger partial charge >= 0.3 is 5.97 Å². The third-order valence-electron chi connectivity index (χ3n) is 4.36. The number of hydrogen-bond donors (Lipinski definition) is 0. The van der Waals surface area contributed by atoms with Crippen molar-refractivity contribution in [3.8, 4) is 0 Å². The molecule has 0 fully saturated rings. The molecule has 0 saturated heterocycles. The lowest BCUT2D eigenvalue weighted by atomic mass is 10.0. The molecule has 0 spiro atoms. The zero-order valence-electron chi connectivity index (χ0n) is 16.1. The number of carbonyl (C=O) groups excluding carboxylic acids is 1. The number of rotatable bonds is 18. The van der Waals surface area contributed by atoms with Crippen molar-refractivity contribution in [2.45, 2.75) is 99.8 Å². The lowest BCUT2D eigenvalue weighted by Crippen LogP contribution is -2.01. The van der Waals surface area contributed by atoms with E-state index in [0.717, 1.165) is 6.42 Å². The Kier molecular flexibility index (Phi) is 21.0. The predicted octanol–water partition coefficient (Wildman–Crippen LogP) is 6.84. The Labute approximate surface area is 175 Å². The molecule has 0 amide bonds. The molecule has 148 valence electrons. The van der Waals surface area contributed by atoms with Crippen LogP contribution in [0.2, 0.25) is 6.04 Å². The van der Waals surface area contributed by atoms with Crippen molar-refractivity contribution < 1.29 is 9.53 Å². The molecule has 0 bridgehead atoms. The maximum Gasteiger partial charge on any atom is 0.330 e. The number of unbranched alkanes of at least 4 members (excludes halogenated alkanes) is 12. The van der Waals surface area contributed by atoms with Crippen LogP contribution in [0.25, 0.3) is 0 Å². The first-order valence-electron chi connectivity index (χ1n) is 10.2. The summed E-state index contributed by atoms with van der Waals surface area (Å²) in [4.78, 5) is 11.1. The van der Waals surface area contributed by atoms with Gasteiger partial charge in [-0.3, -0.25) is 0 Å². The number of hydrogen-bond acceptors (Lipinski definition) is 2. The summed E-state index contributed by atoms with van der Waals surface area (Å²) in [5, 5.41) is 0. The van der Waals surface area contributed by atoms with Gasteiger partial charge in [0.2, 0.25) is 0 Å². The molecule has 0 unspecified atom stereocenters. The number of allylic oxidation sites excluding steroid dienone is 1. The van der Waals surface area contributed by atoms with Gasteiger partial charge in [0.15, 0.2) is 0 Å². The van der Waals surface area contributed by atoms with E-state index in [-0.39, 0.29) is 15.5 Å². The van der Waals surface area contributed by atoms with E-state index in [4.69, 9.17) is 4.74 Å². The van der Waals surface area contributed by atoms with Crippen LogP contribution in [0.5, 0.6) is 0 Å². The molecule has 25 heavy (non-hydrogen) atoms. The summed E-state index contributed by atoms with van der Waals surface area (Å²) in [6.45, 7) is 2.40. The fraction of sp³-hybridized carbons (Fsp3) is 0.850. The van der Waals surface area contributed by atoms with E-state index in [1.807, 2.05) is 6.92 Å². The summed E-state index contributed by atoms with van der Waals surface area (Å²) in [5.41, 5.74) is 0. The van der Waals surface area contributed by atoms with Gasteiger partial charge in [-0.1, -0.05) is 121 Å².